The summed E-state index contributed by atoms with van der Waals surface area (Å²) in [4.78, 5) is 0. The minimum Gasteiger partial charge on any atom is -0.507 e. The fourth-order valence-electron chi connectivity index (χ4n) is 1.98. The average Bonchev–Trinajstić information content (AvgIpc) is 2.39. The Morgan fingerprint density at radius 2 is 1.52 bits per heavy atom. The fraction of sp³-hybridized carbons (Fsp3) is 0.143. The molecule has 0 atom stereocenters. The molecular weight excluding hydrogens is 296 g/mol. The molecule has 0 heterocycles. The van der Waals surface area contributed by atoms with Gasteiger partial charge in [-0.15, -0.1) is 6.58 Å². The van der Waals surface area contributed by atoms with E-state index in [1.165, 1.54) is 0 Å². The second-order valence-corrected chi connectivity index (χ2v) is 5.18. The molecule has 0 unspecified atom stereocenters. The molecule has 2 rings (SSSR count). The van der Waals surface area contributed by atoms with Crippen molar-refractivity contribution in [3.63, 3.8) is 0 Å². The van der Waals surface area contributed by atoms with Gasteiger partial charge in [-0.05, 0) is 18.9 Å². The minimum atomic E-state index is -4.67. The van der Waals surface area contributed by atoms with E-state index >= 15 is 0 Å². The topological polar surface area (TPSA) is 115 Å². The summed E-state index contributed by atoms with van der Waals surface area (Å²) in [5, 5.41) is 21.5. The maximum atomic E-state index is 10.1. The molecule has 0 amide bonds. The van der Waals surface area contributed by atoms with E-state index in [-0.39, 0.29) is 11.5 Å². The lowest BCUT2D eigenvalue weighted by atomic mass is 9.97. The van der Waals surface area contributed by atoms with Gasteiger partial charge in [0, 0.05) is 16.3 Å². The fourth-order valence-corrected chi connectivity index (χ4v) is 1.98. The molecule has 0 aromatic heterocycles. The highest BCUT2D eigenvalue weighted by atomic mass is 32.3. The van der Waals surface area contributed by atoms with Gasteiger partial charge in [0.2, 0.25) is 0 Å². The molecule has 0 aliphatic heterocycles. The highest BCUT2D eigenvalue weighted by molar-refractivity contribution is 7.79. The standard InChI is InChI=1S/C14H14O2.H2O4S/c1-3-6-10-9(2)13(15)11-7-4-5-8-12(11)14(10)16;1-5(2,3)4/h3-5,7-8,15-16H,1,6H2,2H3;(H2,1,2,3,4). The Morgan fingerprint density at radius 1 is 1.10 bits per heavy atom. The first-order chi connectivity index (χ1) is 9.66. The number of allylic oxidation sites excluding steroid dienone is 1. The number of aromatic hydroxyl groups is 2. The second-order valence-electron chi connectivity index (χ2n) is 4.29. The van der Waals surface area contributed by atoms with Crippen molar-refractivity contribution >= 4 is 21.2 Å². The molecule has 2 aromatic rings. The maximum absolute atomic E-state index is 10.1. The van der Waals surface area contributed by atoms with Gasteiger partial charge in [0.1, 0.15) is 11.5 Å². The quantitative estimate of drug-likeness (QED) is 0.385. The Morgan fingerprint density at radius 3 is 1.95 bits per heavy atom. The van der Waals surface area contributed by atoms with E-state index < -0.39 is 10.4 Å². The van der Waals surface area contributed by atoms with E-state index in [1.807, 2.05) is 12.1 Å². The van der Waals surface area contributed by atoms with Crippen molar-refractivity contribution in [1.29, 1.82) is 0 Å². The summed E-state index contributed by atoms with van der Waals surface area (Å²) >= 11 is 0. The van der Waals surface area contributed by atoms with E-state index in [0.29, 0.717) is 17.2 Å². The van der Waals surface area contributed by atoms with Crippen LogP contribution in [0.2, 0.25) is 0 Å². The van der Waals surface area contributed by atoms with Gasteiger partial charge < -0.3 is 10.2 Å². The van der Waals surface area contributed by atoms with Crippen LogP contribution < -0.4 is 0 Å². The lowest BCUT2D eigenvalue weighted by Gasteiger charge is -2.12. The van der Waals surface area contributed by atoms with Gasteiger partial charge in [-0.2, -0.15) is 8.42 Å². The third-order valence-corrected chi connectivity index (χ3v) is 2.88. The smallest absolute Gasteiger partial charge is 0.394 e. The number of phenolic OH excluding ortho intramolecular Hbond substituents is 2. The van der Waals surface area contributed by atoms with E-state index in [9.17, 15) is 10.2 Å². The summed E-state index contributed by atoms with van der Waals surface area (Å²) in [7, 11) is -4.67. The van der Waals surface area contributed by atoms with Gasteiger partial charge in [0.25, 0.3) is 0 Å². The van der Waals surface area contributed by atoms with E-state index in [4.69, 9.17) is 17.5 Å². The van der Waals surface area contributed by atoms with Crippen LogP contribution in [-0.4, -0.2) is 27.7 Å². The summed E-state index contributed by atoms with van der Waals surface area (Å²) in [5.41, 5.74) is 1.46. The first-order valence-electron chi connectivity index (χ1n) is 5.89. The summed E-state index contributed by atoms with van der Waals surface area (Å²) in [6.45, 7) is 5.46. The Hall–Kier alpha value is -2.09. The van der Waals surface area contributed by atoms with Crippen molar-refractivity contribution in [3.8, 4) is 11.5 Å². The molecule has 0 radical (unpaired) electrons. The van der Waals surface area contributed by atoms with E-state index in [2.05, 4.69) is 6.58 Å². The van der Waals surface area contributed by atoms with Crippen molar-refractivity contribution < 1.29 is 27.7 Å². The summed E-state index contributed by atoms with van der Waals surface area (Å²) in [6.07, 6.45) is 2.27. The first kappa shape index (κ1) is 17.0. The molecule has 6 nitrogen and oxygen atoms in total. The van der Waals surface area contributed by atoms with Crippen molar-refractivity contribution in [3.05, 3.63) is 48.0 Å². The van der Waals surface area contributed by atoms with Crippen molar-refractivity contribution in [2.45, 2.75) is 13.3 Å². The number of rotatable bonds is 2. The number of phenols is 2. The lowest BCUT2D eigenvalue weighted by Crippen LogP contribution is -1.91. The van der Waals surface area contributed by atoms with Crippen molar-refractivity contribution in [1.82, 2.24) is 0 Å². The number of benzene rings is 2. The minimum absolute atomic E-state index is 0.241. The average molecular weight is 312 g/mol. The second kappa shape index (κ2) is 6.57. The molecular formula is C14H16O6S. The Bertz CT molecular complexity index is 757. The zero-order valence-corrected chi connectivity index (χ0v) is 12.1. The highest BCUT2D eigenvalue weighted by Crippen LogP contribution is 2.39. The number of fused-ring (bicyclic) bond motifs is 1. The molecule has 0 aliphatic rings. The zero-order chi connectivity index (χ0) is 16.2. The molecule has 0 bridgehead atoms. The van der Waals surface area contributed by atoms with Crippen molar-refractivity contribution in [2.75, 3.05) is 0 Å². The maximum Gasteiger partial charge on any atom is 0.394 e. The summed E-state index contributed by atoms with van der Waals surface area (Å²) < 4.78 is 31.6. The molecule has 21 heavy (non-hydrogen) atoms. The van der Waals surface area contributed by atoms with Crippen LogP contribution in [0.25, 0.3) is 10.8 Å². The van der Waals surface area contributed by atoms with Crippen LogP contribution in [0.1, 0.15) is 11.1 Å². The largest absolute Gasteiger partial charge is 0.507 e. The molecule has 114 valence electrons. The molecule has 4 N–H and O–H groups in total. The molecule has 0 fully saturated rings. The lowest BCUT2D eigenvalue weighted by molar-refractivity contribution is 0.381. The monoisotopic (exact) mass is 312 g/mol. The predicted molar refractivity (Wildman–Crippen MR) is 80.1 cm³/mol. The Balaban J connectivity index is 0.000000383. The van der Waals surface area contributed by atoms with Gasteiger partial charge in [-0.25, -0.2) is 0 Å². The van der Waals surface area contributed by atoms with Crippen LogP contribution in [0.5, 0.6) is 11.5 Å². The van der Waals surface area contributed by atoms with Crippen molar-refractivity contribution in [2.24, 2.45) is 0 Å². The van der Waals surface area contributed by atoms with Gasteiger partial charge in [0.05, 0.1) is 0 Å². The molecule has 7 heteroatoms. The van der Waals surface area contributed by atoms with Crippen LogP contribution in [0.3, 0.4) is 0 Å². The highest BCUT2D eigenvalue weighted by Gasteiger charge is 2.14. The third-order valence-electron chi connectivity index (χ3n) is 2.88. The molecule has 0 saturated heterocycles. The summed E-state index contributed by atoms with van der Waals surface area (Å²) in [5.74, 6) is 0.482. The van der Waals surface area contributed by atoms with Crippen LogP contribution in [0.15, 0.2) is 36.9 Å². The Kier molecular flexibility index (Phi) is 5.31. The molecule has 0 saturated carbocycles. The van der Waals surface area contributed by atoms with Crippen LogP contribution in [0.4, 0.5) is 0 Å². The van der Waals surface area contributed by atoms with Gasteiger partial charge >= 0.3 is 10.4 Å². The third kappa shape index (κ3) is 4.45. The zero-order valence-electron chi connectivity index (χ0n) is 11.3. The van der Waals surface area contributed by atoms with Crippen LogP contribution in [0, 0.1) is 6.92 Å². The SMILES string of the molecule is C=CCc1c(C)c(O)c2ccccc2c1O.O=S(=O)(O)O. The Labute approximate surface area is 122 Å². The first-order valence-corrected chi connectivity index (χ1v) is 7.29. The van der Waals surface area contributed by atoms with Crippen LogP contribution >= 0.6 is 0 Å². The molecule has 0 aliphatic carbocycles. The van der Waals surface area contributed by atoms with Crippen LogP contribution in [-0.2, 0) is 16.8 Å². The summed E-state index contributed by atoms with van der Waals surface area (Å²) in [6, 6.07) is 7.29. The van der Waals surface area contributed by atoms with E-state index in [1.54, 1.807) is 25.1 Å². The normalized spacial score (nSPS) is 10.8. The molecule has 0 spiro atoms. The molecule has 2 aromatic carbocycles. The number of hydrogen-bond acceptors (Lipinski definition) is 4. The van der Waals surface area contributed by atoms with Gasteiger partial charge in [-0.1, -0.05) is 30.3 Å². The predicted octanol–water partition coefficient (Wildman–Crippen LogP) is 2.64. The van der Waals surface area contributed by atoms with Gasteiger partial charge in [0.15, 0.2) is 0 Å². The van der Waals surface area contributed by atoms with Gasteiger partial charge in [-0.3, -0.25) is 9.11 Å². The number of hydrogen-bond donors (Lipinski definition) is 4. The van der Waals surface area contributed by atoms with E-state index in [0.717, 1.165) is 11.1 Å².